The lowest BCUT2D eigenvalue weighted by Gasteiger charge is -2.09. The molecule has 33 heavy (non-hydrogen) atoms. The van der Waals surface area contributed by atoms with Crippen molar-refractivity contribution in [2.75, 3.05) is 5.32 Å². The van der Waals surface area contributed by atoms with Crippen LogP contribution in [0.15, 0.2) is 77.4 Å². The third-order valence-corrected chi connectivity index (χ3v) is 6.19. The van der Waals surface area contributed by atoms with Crippen LogP contribution < -0.4 is 5.32 Å². The van der Waals surface area contributed by atoms with E-state index in [1.165, 1.54) is 0 Å². The Kier molecular flexibility index (Phi) is 6.98. The summed E-state index contributed by atoms with van der Waals surface area (Å²) >= 11 is 15.7. The number of amides is 1. The van der Waals surface area contributed by atoms with E-state index in [1.807, 2.05) is 25.1 Å². The van der Waals surface area contributed by atoms with Gasteiger partial charge in [0.1, 0.15) is 0 Å². The average molecular weight is 543 g/mol. The minimum Gasteiger partial charge on any atom is -0.304 e. The Morgan fingerprint density at radius 1 is 1.00 bits per heavy atom. The number of nitrogens with one attached hydrogen (secondary N) is 1. The molecular formula is C25H18BrCl2N3O2. The molecule has 8 heteroatoms. The average Bonchev–Trinajstić information content (AvgIpc) is 3.14. The van der Waals surface area contributed by atoms with Gasteiger partial charge in [0.05, 0.1) is 16.6 Å². The molecule has 0 aliphatic carbocycles. The third-order valence-electron chi connectivity index (χ3n) is 5.03. The first kappa shape index (κ1) is 23.2. The molecule has 0 fully saturated rings. The number of anilines is 1. The van der Waals surface area contributed by atoms with Gasteiger partial charge in [-0.2, -0.15) is 5.10 Å². The van der Waals surface area contributed by atoms with Gasteiger partial charge in [-0.1, -0.05) is 77.3 Å². The number of ketones is 1. The van der Waals surface area contributed by atoms with Crippen molar-refractivity contribution in [1.29, 1.82) is 0 Å². The molecule has 0 saturated heterocycles. The van der Waals surface area contributed by atoms with Crippen molar-refractivity contribution in [2.45, 2.75) is 13.5 Å². The Hall–Kier alpha value is -2.93. The van der Waals surface area contributed by atoms with Gasteiger partial charge in [-0.05, 0) is 46.6 Å². The highest BCUT2D eigenvalue weighted by Crippen LogP contribution is 2.25. The van der Waals surface area contributed by atoms with E-state index < -0.39 is 5.91 Å². The molecule has 1 amide bonds. The number of hydrogen-bond donors (Lipinski definition) is 1. The zero-order chi connectivity index (χ0) is 23.5. The molecular weight excluding hydrogens is 525 g/mol. The summed E-state index contributed by atoms with van der Waals surface area (Å²) in [7, 11) is 0. The fraction of sp³-hybridized carbons (Fsp3) is 0.0800. The van der Waals surface area contributed by atoms with Crippen molar-refractivity contribution >= 4 is 56.6 Å². The number of aryl methyl sites for hydroxylation is 1. The molecule has 0 aliphatic rings. The third kappa shape index (κ3) is 5.36. The summed E-state index contributed by atoms with van der Waals surface area (Å²) in [5.41, 5.74) is 3.00. The van der Waals surface area contributed by atoms with Crippen LogP contribution in [-0.4, -0.2) is 21.5 Å². The number of benzene rings is 3. The minimum absolute atomic E-state index is 0.220. The van der Waals surface area contributed by atoms with Crippen molar-refractivity contribution in [2.24, 2.45) is 0 Å². The van der Waals surface area contributed by atoms with E-state index in [4.69, 9.17) is 23.2 Å². The van der Waals surface area contributed by atoms with Crippen LogP contribution in [0.2, 0.25) is 10.0 Å². The first-order valence-corrected chi connectivity index (χ1v) is 11.6. The van der Waals surface area contributed by atoms with E-state index in [1.54, 1.807) is 59.4 Å². The molecule has 5 nitrogen and oxygen atoms in total. The molecule has 1 N–H and O–H groups in total. The fourth-order valence-electron chi connectivity index (χ4n) is 3.30. The largest absolute Gasteiger partial charge is 0.304 e. The maximum absolute atomic E-state index is 13.1. The monoisotopic (exact) mass is 541 g/mol. The minimum atomic E-state index is -0.429. The van der Waals surface area contributed by atoms with Gasteiger partial charge >= 0.3 is 0 Å². The smallest absolute Gasteiger partial charge is 0.257 e. The molecule has 0 saturated carbocycles. The second kappa shape index (κ2) is 9.91. The zero-order valence-corrected chi connectivity index (χ0v) is 20.6. The number of nitrogens with zero attached hydrogens (tertiary/aromatic N) is 2. The van der Waals surface area contributed by atoms with E-state index in [-0.39, 0.29) is 11.3 Å². The van der Waals surface area contributed by atoms with Crippen molar-refractivity contribution in [3.63, 3.8) is 0 Å². The number of hydrogen-bond acceptors (Lipinski definition) is 3. The summed E-state index contributed by atoms with van der Waals surface area (Å²) in [5.74, 6) is -0.313. The van der Waals surface area contributed by atoms with Crippen LogP contribution >= 0.6 is 39.1 Å². The second-order valence-corrected chi connectivity index (χ2v) is 9.15. The van der Waals surface area contributed by atoms with Gasteiger partial charge in [-0.15, -0.1) is 0 Å². The number of aromatic nitrogens is 2. The van der Waals surface area contributed by atoms with Crippen molar-refractivity contribution in [3.05, 3.63) is 115 Å². The highest BCUT2D eigenvalue weighted by molar-refractivity contribution is 9.10. The predicted molar refractivity (Wildman–Crippen MR) is 134 cm³/mol. The van der Waals surface area contributed by atoms with Crippen LogP contribution in [0, 0.1) is 6.92 Å². The van der Waals surface area contributed by atoms with Crippen molar-refractivity contribution < 1.29 is 9.59 Å². The van der Waals surface area contributed by atoms with E-state index in [0.29, 0.717) is 38.0 Å². The molecule has 0 radical (unpaired) electrons. The highest BCUT2D eigenvalue weighted by atomic mass is 79.9. The van der Waals surface area contributed by atoms with Gasteiger partial charge in [0.2, 0.25) is 0 Å². The van der Waals surface area contributed by atoms with Gasteiger partial charge in [0, 0.05) is 27.4 Å². The van der Waals surface area contributed by atoms with Crippen LogP contribution in [-0.2, 0) is 6.54 Å². The van der Waals surface area contributed by atoms with E-state index in [9.17, 15) is 9.59 Å². The van der Waals surface area contributed by atoms with Gasteiger partial charge in [0.15, 0.2) is 11.6 Å². The molecule has 0 aliphatic heterocycles. The van der Waals surface area contributed by atoms with Crippen LogP contribution in [0.1, 0.15) is 37.4 Å². The van der Waals surface area contributed by atoms with Gasteiger partial charge < -0.3 is 5.32 Å². The Morgan fingerprint density at radius 2 is 1.70 bits per heavy atom. The van der Waals surface area contributed by atoms with Crippen molar-refractivity contribution in [1.82, 2.24) is 9.78 Å². The zero-order valence-electron chi connectivity index (χ0n) is 17.5. The summed E-state index contributed by atoms with van der Waals surface area (Å²) in [6.45, 7) is 2.35. The Bertz CT molecular complexity index is 1350. The first-order valence-electron chi connectivity index (χ1n) is 10.0. The second-order valence-electron chi connectivity index (χ2n) is 7.45. The van der Waals surface area contributed by atoms with Gasteiger partial charge in [-0.3, -0.25) is 14.3 Å². The van der Waals surface area contributed by atoms with Gasteiger partial charge in [0.25, 0.3) is 5.91 Å². The summed E-state index contributed by atoms with van der Waals surface area (Å²) in [6.07, 6.45) is 1.74. The van der Waals surface area contributed by atoms with Crippen LogP contribution in [0.5, 0.6) is 0 Å². The Labute approximate surface area is 209 Å². The number of carbonyl (C=O) groups excluding carboxylic acids is 2. The Morgan fingerprint density at radius 3 is 2.39 bits per heavy atom. The van der Waals surface area contributed by atoms with Crippen LogP contribution in [0.25, 0.3) is 0 Å². The topological polar surface area (TPSA) is 64.0 Å². The molecule has 0 unspecified atom stereocenters. The lowest BCUT2D eigenvalue weighted by Crippen LogP contribution is -2.17. The standard InChI is InChI=1S/C25H18BrCl2N3O2/c1-15-6-8-16(9-7-15)23(32)19-4-2-3-5-20(19)25(33)29-24-21(26)14-31(30-24)13-17-10-11-18(27)12-22(17)28/h2-12,14H,13H2,1H3,(H,29,30,33). The lowest BCUT2D eigenvalue weighted by molar-refractivity contribution is 0.0996. The normalized spacial score (nSPS) is 10.8. The molecule has 4 rings (SSSR count). The number of rotatable bonds is 6. The van der Waals surface area contributed by atoms with Gasteiger partial charge in [-0.25, -0.2) is 0 Å². The van der Waals surface area contributed by atoms with E-state index >= 15 is 0 Å². The molecule has 166 valence electrons. The van der Waals surface area contributed by atoms with Crippen LogP contribution in [0.3, 0.4) is 0 Å². The lowest BCUT2D eigenvalue weighted by atomic mass is 9.97. The van der Waals surface area contributed by atoms with E-state index in [0.717, 1.165) is 11.1 Å². The summed E-state index contributed by atoms with van der Waals surface area (Å²) < 4.78 is 2.25. The molecule has 3 aromatic carbocycles. The molecule has 4 aromatic rings. The number of carbonyl (C=O) groups is 2. The number of halogens is 3. The molecule has 1 heterocycles. The quantitative estimate of drug-likeness (QED) is 0.273. The maximum Gasteiger partial charge on any atom is 0.257 e. The van der Waals surface area contributed by atoms with E-state index in [2.05, 4.69) is 26.3 Å². The molecule has 1 aromatic heterocycles. The Balaban J connectivity index is 1.56. The first-order chi connectivity index (χ1) is 15.8. The summed E-state index contributed by atoms with van der Waals surface area (Å²) in [4.78, 5) is 26.1. The molecule has 0 spiro atoms. The maximum atomic E-state index is 13.1. The predicted octanol–water partition coefficient (Wildman–Crippen LogP) is 6.79. The summed E-state index contributed by atoms with van der Waals surface area (Å²) in [6, 6.07) is 19.2. The van der Waals surface area contributed by atoms with Crippen molar-refractivity contribution in [3.8, 4) is 0 Å². The summed E-state index contributed by atoms with van der Waals surface area (Å²) in [5, 5.41) is 8.31. The SMILES string of the molecule is Cc1ccc(C(=O)c2ccccc2C(=O)Nc2nn(Cc3ccc(Cl)cc3Cl)cc2Br)cc1. The van der Waals surface area contributed by atoms with Crippen LogP contribution in [0.4, 0.5) is 5.82 Å². The fourth-order valence-corrected chi connectivity index (χ4v) is 4.18. The molecule has 0 bridgehead atoms. The molecule has 0 atom stereocenters. The highest BCUT2D eigenvalue weighted by Gasteiger charge is 2.20.